The fourth-order valence-corrected chi connectivity index (χ4v) is 2.23. The summed E-state index contributed by atoms with van der Waals surface area (Å²) in [4.78, 5) is 5.45. The van der Waals surface area contributed by atoms with E-state index in [1.165, 1.54) is 4.88 Å². The molecule has 16 heavy (non-hydrogen) atoms. The Morgan fingerprint density at radius 2 is 2.19 bits per heavy atom. The molecule has 0 spiro atoms. The molecular formula is C12H14N2OS. The molecule has 0 saturated carbocycles. The number of aromatic nitrogens is 1. The van der Waals surface area contributed by atoms with E-state index in [2.05, 4.69) is 10.3 Å². The zero-order valence-corrected chi connectivity index (χ0v) is 10.1. The Kier molecular flexibility index (Phi) is 3.10. The fourth-order valence-electron chi connectivity index (χ4n) is 1.52. The minimum Gasteiger partial charge on any atom is -0.508 e. The van der Waals surface area contributed by atoms with Gasteiger partial charge in [-0.15, -0.1) is 11.3 Å². The highest BCUT2D eigenvalue weighted by Gasteiger charge is 2.03. The number of aromatic hydroxyl groups is 1. The quantitative estimate of drug-likeness (QED) is 0.802. The van der Waals surface area contributed by atoms with E-state index >= 15 is 0 Å². The number of nitrogens with zero attached hydrogens (tertiary/aromatic N) is 1. The van der Waals surface area contributed by atoms with Crippen LogP contribution < -0.4 is 5.32 Å². The Bertz CT molecular complexity index is 494. The van der Waals surface area contributed by atoms with Gasteiger partial charge in [0.1, 0.15) is 5.75 Å². The monoisotopic (exact) mass is 234 g/mol. The number of thiazole rings is 1. The first kappa shape index (κ1) is 11.0. The molecule has 0 unspecified atom stereocenters. The summed E-state index contributed by atoms with van der Waals surface area (Å²) in [5, 5.41) is 12.6. The van der Waals surface area contributed by atoms with Crippen LogP contribution in [0, 0.1) is 13.8 Å². The lowest BCUT2D eigenvalue weighted by molar-refractivity contribution is 0.475. The lowest BCUT2D eigenvalue weighted by atomic mass is 10.2. The van der Waals surface area contributed by atoms with E-state index < -0.39 is 0 Å². The van der Waals surface area contributed by atoms with Crippen molar-refractivity contribution in [3.63, 3.8) is 0 Å². The molecule has 4 heteroatoms. The summed E-state index contributed by atoms with van der Waals surface area (Å²) >= 11 is 1.65. The second-order valence-electron chi connectivity index (χ2n) is 3.71. The Labute approximate surface area is 98.8 Å². The molecule has 0 saturated heterocycles. The molecule has 84 valence electrons. The fraction of sp³-hybridized carbons (Fsp3) is 0.250. The van der Waals surface area contributed by atoms with Gasteiger partial charge in [0.2, 0.25) is 0 Å². The summed E-state index contributed by atoms with van der Waals surface area (Å²) < 4.78 is 0. The summed E-state index contributed by atoms with van der Waals surface area (Å²) in [6, 6.07) is 5.33. The van der Waals surface area contributed by atoms with Crippen molar-refractivity contribution in [1.29, 1.82) is 0 Å². The maximum absolute atomic E-state index is 9.30. The number of hydrogen-bond acceptors (Lipinski definition) is 4. The third-order valence-electron chi connectivity index (χ3n) is 2.49. The maximum Gasteiger partial charge on any atom is 0.115 e. The Morgan fingerprint density at radius 3 is 2.81 bits per heavy atom. The average molecular weight is 234 g/mol. The molecule has 2 aromatic rings. The number of phenols is 1. The van der Waals surface area contributed by atoms with Crippen molar-refractivity contribution in [3.05, 3.63) is 39.8 Å². The van der Waals surface area contributed by atoms with E-state index in [1.807, 2.05) is 25.4 Å². The van der Waals surface area contributed by atoms with Gasteiger partial charge in [-0.3, -0.25) is 0 Å². The van der Waals surface area contributed by atoms with Crippen LogP contribution in [-0.2, 0) is 6.54 Å². The van der Waals surface area contributed by atoms with Gasteiger partial charge in [-0.1, -0.05) is 0 Å². The first-order chi connectivity index (χ1) is 7.66. The van der Waals surface area contributed by atoms with Crippen molar-refractivity contribution in [3.8, 4) is 5.75 Å². The molecular weight excluding hydrogens is 220 g/mol. The molecule has 1 aromatic carbocycles. The van der Waals surface area contributed by atoms with E-state index in [1.54, 1.807) is 23.5 Å². The van der Waals surface area contributed by atoms with Crippen LogP contribution >= 0.6 is 11.3 Å². The smallest absolute Gasteiger partial charge is 0.115 e. The summed E-state index contributed by atoms with van der Waals surface area (Å²) in [6.07, 6.45) is 0. The van der Waals surface area contributed by atoms with Gasteiger partial charge >= 0.3 is 0 Å². The van der Waals surface area contributed by atoms with Crippen LogP contribution in [0.3, 0.4) is 0 Å². The number of rotatable bonds is 3. The molecule has 2 rings (SSSR count). The van der Waals surface area contributed by atoms with Gasteiger partial charge in [0.15, 0.2) is 0 Å². The molecule has 0 aliphatic carbocycles. The van der Waals surface area contributed by atoms with Crippen LogP contribution in [-0.4, -0.2) is 10.1 Å². The molecule has 0 radical (unpaired) electrons. The van der Waals surface area contributed by atoms with E-state index in [9.17, 15) is 5.11 Å². The maximum atomic E-state index is 9.30. The standard InChI is InChI=1S/C12H14N2OS/c1-8-5-10(15)3-4-11(8)13-6-12-9(2)14-7-16-12/h3-5,7,13,15H,6H2,1-2H3. The predicted molar refractivity (Wildman–Crippen MR) is 67.0 cm³/mol. The van der Waals surface area contributed by atoms with Crippen LogP contribution in [0.2, 0.25) is 0 Å². The van der Waals surface area contributed by atoms with Gasteiger partial charge < -0.3 is 10.4 Å². The van der Waals surface area contributed by atoms with Gasteiger partial charge in [0.05, 0.1) is 17.7 Å². The lowest BCUT2D eigenvalue weighted by Gasteiger charge is -2.08. The van der Waals surface area contributed by atoms with Crippen LogP contribution in [0.15, 0.2) is 23.7 Å². The molecule has 2 N–H and O–H groups in total. The topological polar surface area (TPSA) is 45.1 Å². The molecule has 0 aliphatic rings. The molecule has 0 aliphatic heterocycles. The van der Waals surface area contributed by atoms with E-state index in [0.29, 0.717) is 5.75 Å². The van der Waals surface area contributed by atoms with Crippen molar-refractivity contribution in [1.82, 2.24) is 4.98 Å². The van der Waals surface area contributed by atoms with Gasteiger partial charge in [-0.25, -0.2) is 4.98 Å². The normalized spacial score (nSPS) is 10.4. The van der Waals surface area contributed by atoms with Crippen molar-refractivity contribution >= 4 is 17.0 Å². The molecule has 0 bridgehead atoms. The Balaban J connectivity index is 2.08. The zero-order chi connectivity index (χ0) is 11.5. The second kappa shape index (κ2) is 4.53. The van der Waals surface area contributed by atoms with E-state index in [-0.39, 0.29) is 0 Å². The summed E-state index contributed by atoms with van der Waals surface area (Å²) in [6.45, 7) is 4.76. The van der Waals surface area contributed by atoms with Gasteiger partial charge in [0.25, 0.3) is 0 Å². The molecule has 0 atom stereocenters. The van der Waals surface area contributed by atoms with Crippen LogP contribution in [0.25, 0.3) is 0 Å². The van der Waals surface area contributed by atoms with Crippen molar-refractivity contribution in [2.45, 2.75) is 20.4 Å². The SMILES string of the molecule is Cc1cc(O)ccc1NCc1scnc1C. The van der Waals surface area contributed by atoms with Crippen molar-refractivity contribution in [2.75, 3.05) is 5.32 Å². The molecule has 0 amide bonds. The minimum absolute atomic E-state index is 0.303. The van der Waals surface area contributed by atoms with Gasteiger partial charge in [-0.2, -0.15) is 0 Å². The third kappa shape index (κ3) is 2.33. The number of hydrogen-bond donors (Lipinski definition) is 2. The third-order valence-corrected chi connectivity index (χ3v) is 3.43. The summed E-state index contributed by atoms with van der Waals surface area (Å²) in [5.41, 5.74) is 5.03. The van der Waals surface area contributed by atoms with Crippen LogP contribution in [0.1, 0.15) is 16.1 Å². The lowest BCUT2D eigenvalue weighted by Crippen LogP contribution is -2.00. The predicted octanol–water partition coefficient (Wildman–Crippen LogP) is 3.08. The highest BCUT2D eigenvalue weighted by molar-refractivity contribution is 7.09. The Hall–Kier alpha value is -1.55. The number of anilines is 1. The number of aryl methyl sites for hydroxylation is 2. The van der Waals surface area contributed by atoms with E-state index in [0.717, 1.165) is 23.5 Å². The highest BCUT2D eigenvalue weighted by Crippen LogP contribution is 2.21. The zero-order valence-electron chi connectivity index (χ0n) is 9.32. The van der Waals surface area contributed by atoms with E-state index in [4.69, 9.17) is 0 Å². The van der Waals surface area contributed by atoms with Crippen molar-refractivity contribution in [2.24, 2.45) is 0 Å². The van der Waals surface area contributed by atoms with Gasteiger partial charge in [0, 0.05) is 10.6 Å². The Morgan fingerprint density at radius 1 is 1.38 bits per heavy atom. The largest absolute Gasteiger partial charge is 0.508 e. The first-order valence-corrected chi connectivity index (χ1v) is 5.97. The summed E-state index contributed by atoms with van der Waals surface area (Å²) in [5.74, 6) is 0.303. The number of benzene rings is 1. The van der Waals surface area contributed by atoms with Gasteiger partial charge in [-0.05, 0) is 37.6 Å². The summed E-state index contributed by atoms with van der Waals surface area (Å²) in [7, 11) is 0. The molecule has 1 aromatic heterocycles. The minimum atomic E-state index is 0.303. The number of nitrogens with one attached hydrogen (secondary N) is 1. The average Bonchev–Trinajstić information content (AvgIpc) is 2.63. The van der Waals surface area contributed by atoms with Crippen LogP contribution in [0.5, 0.6) is 5.75 Å². The molecule has 0 fully saturated rings. The molecule has 1 heterocycles. The van der Waals surface area contributed by atoms with Crippen molar-refractivity contribution < 1.29 is 5.11 Å². The van der Waals surface area contributed by atoms with Crippen LogP contribution in [0.4, 0.5) is 5.69 Å². The second-order valence-corrected chi connectivity index (χ2v) is 4.65. The first-order valence-electron chi connectivity index (χ1n) is 5.09. The highest BCUT2D eigenvalue weighted by atomic mass is 32.1. The number of phenolic OH excluding ortho intramolecular Hbond substituents is 1. The molecule has 3 nitrogen and oxygen atoms in total.